The summed E-state index contributed by atoms with van der Waals surface area (Å²) in [4.78, 5) is 30.7. The first-order valence-electron chi connectivity index (χ1n) is 12.2. The number of unbranched alkanes of at least 4 members (excludes halogenated alkanes) is 12. The zero-order valence-corrected chi connectivity index (χ0v) is 19.8. The minimum Gasteiger partial charge on any atom is -0.393 e. The predicted molar refractivity (Wildman–Crippen MR) is 127 cm³/mol. The molecule has 0 radical (unpaired) electrons. The SMILES string of the molecule is CC(O)CCCCCCCCCCCCCCCc1nc2c(c(=O)[nH]c(=O)n2C)n1C. The second-order valence-electron chi connectivity index (χ2n) is 9.06. The van der Waals surface area contributed by atoms with Gasteiger partial charge in [-0.3, -0.25) is 14.3 Å². The smallest absolute Gasteiger partial charge is 0.329 e. The Kier molecular flexibility index (Phi) is 11.1. The third-order valence-corrected chi connectivity index (χ3v) is 6.25. The molecule has 2 aromatic heterocycles. The second kappa shape index (κ2) is 13.5. The van der Waals surface area contributed by atoms with Gasteiger partial charge in [-0.05, 0) is 19.8 Å². The van der Waals surface area contributed by atoms with Crippen molar-refractivity contribution in [3.63, 3.8) is 0 Å². The summed E-state index contributed by atoms with van der Waals surface area (Å²) < 4.78 is 3.22. The van der Waals surface area contributed by atoms with Gasteiger partial charge in [0.25, 0.3) is 5.56 Å². The summed E-state index contributed by atoms with van der Waals surface area (Å²) in [5.41, 5.74) is 0.147. The Morgan fingerprint density at radius 2 is 1.29 bits per heavy atom. The number of nitrogens with zero attached hydrogens (tertiary/aromatic N) is 3. The van der Waals surface area contributed by atoms with E-state index in [0.29, 0.717) is 11.2 Å². The van der Waals surface area contributed by atoms with Crippen molar-refractivity contribution in [1.82, 2.24) is 19.1 Å². The first kappa shape index (κ1) is 25.4. The Hall–Kier alpha value is -1.89. The number of aliphatic hydroxyl groups is 1. The molecule has 2 aromatic rings. The van der Waals surface area contributed by atoms with Gasteiger partial charge >= 0.3 is 5.69 Å². The second-order valence-corrected chi connectivity index (χ2v) is 9.06. The molecule has 2 rings (SSSR count). The summed E-state index contributed by atoms with van der Waals surface area (Å²) in [6, 6.07) is 0. The van der Waals surface area contributed by atoms with Gasteiger partial charge in [-0.2, -0.15) is 0 Å². The van der Waals surface area contributed by atoms with E-state index in [1.807, 2.05) is 18.5 Å². The molecule has 2 heterocycles. The third kappa shape index (κ3) is 8.28. The zero-order valence-electron chi connectivity index (χ0n) is 19.8. The molecule has 176 valence electrons. The summed E-state index contributed by atoms with van der Waals surface area (Å²) in [5.74, 6) is 0.868. The number of imidazole rings is 1. The quantitative estimate of drug-likeness (QED) is 0.384. The van der Waals surface area contributed by atoms with Gasteiger partial charge in [-0.1, -0.05) is 77.0 Å². The van der Waals surface area contributed by atoms with Crippen LogP contribution in [0.25, 0.3) is 11.2 Å². The van der Waals surface area contributed by atoms with Crippen LogP contribution in [0.3, 0.4) is 0 Å². The number of aromatic nitrogens is 4. The molecule has 0 spiro atoms. The maximum Gasteiger partial charge on any atom is 0.329 e. The van der Waals surface area contributed by atoms with Crippen LogP contribution in [0, 0.1) is 0 Å². The fourth-order valence-electron chi connectivity index (χ4n) is 4.24. The average Bonchev–Trinajstić information content (AvgIpc) is 3.06. The van der Waals surface area contributed by atoms with E-state index in [1.165, 1.54) is 75.2 Å². The average molecular weight is 435 g/mol. The van der Waals surface area contributed by atoms with Crippen LogP contribution in [0.2, 0.25) is 0 Å². The molecular formula is C24H42N4O3. The number of aliphatic hydroxyl groups excluding tert-OH is 1. The molecule has 1 atom stereocenters. The molecular weight excluding hydrogens is 392 g/mol. The molecule has 0 fully saturated rings. The fraction of sp³-hybridized carbons (Fsp3) is 0.792. The molecule has 0 aromatic carbocycles. The fourth-order valence-corrected chi connectivity index (χ4v) is 4.24. The molecule has 31 heavy (non-hydrogen) atoms. The van der Waals surface area contributed by atoms with Crippen LogP contribution >= 0.6 is 0 Å². The summed E-state index contributed by atoms with van der Waals surface area (Å²) in [7, 11) is 3.48. The normalized spacial score (nSPS) is 12.6. The van der Waals surface area contributed by atoms with E-state index in [4.69, 9.17) is 0 Å². The summed E-state index contributed by atoms with van der Waals surface area (Å²) in [6.45, 7) is 1.87. The number of aryl methyl sites for hydroxylation is 3. The van der Waals surface area contributed by atoms with E-state index in [2.05, 4.69) is 9.97 Å². The number of hydrogen-bond acceptors (Lipinski definition) is 4. The number of hydrogen-bond donors (Lipinski definition) is 2. The number of aromatic amines is 1. The Morgan fingerprint density at radius 1 is 0.806 bits per heavy atom. The van der Waals surface area contributed by atoms with Crippen molar-refractivity contribution in [2.24, 2.45) is 14.1 Å². The lowest BCUT2D eigenvalue weighted by molar-refractivity contribution is 0.180. The van der Waals surface area contributed by atoms with Crippen LogP contribution in [-0.2, 0) is 20.5 Å². The molecule has 7 heteroatoms. The minimum atomic E-state index is -0.421. The molecule has 0 aliphatic rings. The molecule has 0 bridgehead atoms. The summed E-state index contributed by atoms with van der Waals surface area (Å²) >= 11 is 0. The standard InChI is InChI=1S/C24H42N4O3/c1-19(29)17-15-13-11-9-7-5-4-6-8-10-12-14-16-18-20-25-22-21(27(20)2)23(30)26-24(31)28(22)3/h19,29H,4-18H2,1-3H3,(H,26,30,31). The Bertz CT molecular complexity index is 895. The highest BCUT2D eigenvalue weighted by Gasteiger charge is 2.14. The first-order valence-corrected chi connectivity index (χ1v) is 12.2. The number of rotatable bonds is 16. The van der Waals surface area contributed by atoms with Crippen molar-refractivity contribution in [1.29, 1.82) is 0 Å². The van der Waals surface area contributed by atoms with E-state index in [9.17, 15) is 14.7 Å². The van der Waals surface area contributed by atoms with Crippen LogP contribution in [-0.4, -0.2) is 30.3 Å². The largest absolute Gasteiger partial charge is 0.393 e. The van der Waals surface area contributed by atoms with E-state index in [-0.39, 0.29) is 11.7 Å². The molecule has 7 nitrogen and oxygen atoms in total. The highest BCUT2D eigenvalue weighted by atomic mass is 16.3. The van der Waals surface area contributed by atoms with Crippen LogP contribution in [0.4, 0.5) is 0 Å². The van der Waals surface area contributed by atoms with Gasteiger partial charge < -0.3 is 9.67 Å². The van der Waals surface area contributed by atoms with Crippen LogP contribution in [0.15, 0.2) is 9.59 Å². The van der Waals surface area contributed by atoms with Gasteiger partial charge in [-0.15, -0.1) is 0 Å². The topological polar surface area (TPSA) is 92.9 Å². The van der Waals surface area contributed by atoms with Gasteiger partial charge in [0.2, 0.25) is 0 Å². The lowest BCUT2D eigenvalue weighted by Gasteiger charge is -2.05. The molecule has 0 saturated heterocycles. The van der Waals surface area contributed by atoms with E-state index < -0.39 is 5.69 Å². The highest BCUT2D eigenvalue weighted by Crippen LogP contribution is 2.15. The Labute approximate surface area is 185 Å². The van der Waals surface area contributed by atoms with E-state index >= 15 is 0 Å². The maximum atomic E-state index is 12.1. The Morgan fingerprint density at radius 3 is 1.81 bits per heavy atom. The van der Waals surface area contributed by atoms with Crippen LogP contribution in [0.1, 0.15) is 103 Å². The molecule has 0 aliphatic carbocycles. The van der Waals surface area contributed by atoms with Crippen molar-refractivity contribution in [3.05, 3.63) is 26.7 Å². The van der Waals surface area contributed by atoms with Crippen LogP contribution in [0.5, 0.6) is 0 Å². The van der Waals surface area contributed by atoms with Crippen molar-refractivity contribution in [2.75, 3.05) is 0 Å². The molecule has 0 saturated carbocycles. The lowest BCUT2D eigenvalue weighted by Crippen LogP contribution is -2.29. The summed E-state index contributed by atoms with van der Waals surface area (Å²) in [6.07, 6.45) is 18.2. The van der Waals surface area contributed by atoms with Gasteiger partial charge in [0.1, 0.15) is 5.82 Å². The molecule has 1 unspecified atom stereocenters. The number of H-pyrrole nitrogens is 1. The third-order valence-electron chi connectivity index (χ3n) is 6.25. The predicted octanol–water partition coefficient (Wildman–Crippen LogP) is 4.35. The highest BCUT2D eigenvalue weighted by molar-refractivity contribution is 5.70. The van der Waals surface area contributed by atoms with Crippen molar-refractivity contribution in [3.8, 4) is 0 Å². The minimum absolute atomic E-state index is 0.141. The van der Waals surface area contributed by atoms with Gasteiger partial charge in [0.15, 0.2) is 11.2 Å². The molecule has 0 amide bonds. The number of nitrogens with one attached hydrogen (secondary N) is 1. The van der Waals surface area contributed by atoms with E-state index in [1.54, 1.807) is 7.05 Å². The maximum absolute atomic E-state index is 12.1. The van der Waals surface area contributed by atoms with Crippen molar-refractivity contribution >= 4 is 11.2 Å². The first-order chi connectivity index (χ1) is 14.9. The van der Waals surface area contributed by atoms with Gasteiger partial charge in [-0.25, -0.2) is 9.78 Å². The summed E-state index contributed by atoms with van der Waals surface area (Å²) in [5, 5.41) is 9.24. The van der Waals surface area contributed by atoms with Gasteiger partial charge in [0, 0.05) is 20.5 Å². The lowest BCUT2D eigenvalue weighted by atomic mass is 10.0. The number of fused-ring (bicyclic) bond motifs is 1. The van der Waals surface area contributed by atoms with Gasteiger partial charge in [0.05, 0.1) is 6.10 Å². The molecule has 0 aliphatic heterocycles. The Balaban J connectivity index is 1.51. The van der Waals surface area contributed by atoms with E-state index in [0.717, 1.165) is 31.5 Å². The van der Waals surface area contributed by atoms with Crippen LogP contribution < -0.4 is 11.2 Å². The molecule has 2 N–H and O–H groups in total. The van der Waals surface area contributed by atoms with Crippen molar-refractivity contribution < 1.29 is 5.11 Å². The van der Waals surface area contributed by atoms with Crippen molar-refractivity contribution in [2.45, 2.75) is 109 Å². The zero-order chi connectivity index (χ0) is 22.6. The monoisotopic (exact) mass is 434 g/mol.